The van der Waals surface area contributed by atoms with Crippen molar-refractivity contribution < 1.29 is 0 Å². The molecule has 0 fully saturated rings. The van der Waals surface area contributed by atoms with E-state index in [1.165, 1.54) is 28.4 Å². The molecule has 0 atom stereocenters. The van der Waals surface area contributed by atoms with Crippen LogP contribution in [0.3, 0.4) is 0 Å². The quantitative estimate of drug-likeness (QED) is 0.0865. The summed E-state index contributed by atoms with van der Waals surface area (Å²) in [6.07, 6.45) is 0. The van der Waals surface area contributed by atoms with Crippen molar-refractivity contribution >= 4 is 56.9 Å². The van der Waals surface area contributed by atoms with Crippen molar-refractivity contribution in [3.8, 4) is 0 Å². The predicted octanol–water partition coefficient (Wildman–Crippen LogP) is 9.86. The molecule has 324 valence electrons. The van der Waals surface area contributed by atoms with E-state index in [1.807, 2.05) is 100 Å². The first kappa shape index (κ1) is 51.1. The molecule has 59 heavy (non-hydrogen) atoms. The summed E-state index contributed by atoms with van der Waals surface area (Å²) in [6.45, 7) is 23.9. The van der Waals surface area contributed by atoms with E-state index in [1.54, 1.807) is 0 Å². The predicted molar refractivity (Wildman–Crippen MR) is 268 cm³/mol. The average molecular weight is 807 g/mol. The molecular weight excluding hydrogens is 729 g/mol. The molecule has 0 aliphatic rings. The minimum absolute atomic E-state index is 0.818. The first-order chi connectivity index (χ1) is 27.8. The Bertz CT molecular complexity index is 1710. The lowest BCUT2D eigenvalue weighted by Crippen LogP contribution is -2.15. The van der Waals surface area contributed by atoms with Crippen LogP contribution in [0.5, 0.6) is 0 Å². The first-order valence-corrected chi connectivity index (χ1v) is 20.7. The van der Waals surface area contributed by atoms with Crippen molar-refractivity contribution in [3.63, 3.8) is 0 Å². The summed E-state index contributed by atoms with van der Waals surface area (Å²) < 4.78 is 0. The second-order valence-electron chi connectivity index (χ2n) is 14.8. The van der Waals surface area contributed by atoms with Crippen molar-refractivity contribution in [3.05, 3.63) is 119 Å². The molecule has 0 radical (unpaired) electrons. The van der Waals surface area contributed by atoms with Crippen LogP contribution in [0, 0.1) is 27.7 Å². The van der Waals surface area contributed by atoms with Gasteiger partial charge in [-0.3, -0.25) is 0 Å². The molecule has 10 heteroatoms. The van der Waals surface area contributed by atoms with Gasteiger partial charge in [0.15, 0.2) is 0 Å². The van der Waals surface area contributed by atoms with Gasteiger partial charge in [0.25, 0.3) is 0 Å². The highest BCUT2D eigenvalue weighted by Crippen LogP contribution is 2.22. The molecule has 0 aromatic heterocycles. The molecule has 0 unspecified atom stereocenters. The van der Waals surface area contributed by atoms with Crippen LogP contribution in [0.15, 0.2) is 97.1 Å². The van der Waals surface area contributed by atoms with Crippen LogP contribution < -0.4 is 53.2 Å². The normalized spacial score (nSPS) is 9.86. The number of hydrogen-bond donors (Lipinski definition) is 5. The Kier molecular flexibility index (Phi) is 22.7. The summed E-state index contributed by atoms with van der Waals surface area (Å²) in [7, 11) is 10.4. The zero-order chi connectivity index (χ0) is 44.8. The second-order valence-corrected chi connectivity index (χ2v) is 14.8. The van der Waals surface area contributed by atoms with Crippen molar-refractivity contribution in [2.45, 2.75) is 62.3 Å². The van der Waals surface area contributed by atoms with Gasteiger partial charge in [-0.2, -0.15) is 0 Å². The van der Waals surface area contributed by atoms with Crippen molar-refractivity contribution in [2.24, 2.45) is 0 Å². The van der Waals surface area contributed by atoms with E-state index >= 15 is 0 Å². The lowest BCUT2D eigenvalue weighted by atomic mass is 10.2. The van der Waals surface area contributed by atoms with Crippen molar-refractivity contribution in [1.29, 1.82) is 0 Å². The first-order valence-electron chi connectivity index (χ1n) is 20.7. The molecular formula is C49H78N10. The van der Waals surface area contributed by atoms with Gasteiger partial charge in [0.2, 0.25) is 0 Å². The fourth-order valence-electron chi connectivity index (χ4n) is 5.23. The van der Waals surface area contributed by atoms with Gasteiger partial charge >= 0.3 is 0 Å². The zero-order valence-electron chi connectivity index (χ0n) is 38.9. The van der Waals surface area contributed by atoms with E-state index in [9.17, 15) is 0 Å². The van der Waals surface area contributed by atoms with Crippen LogP contribution in [-0.2, 0) is 0 Å². The molecule has 10 nitrogen and oxygen atoms in total. The molecule has 0 aliphatic carbocycles. The van der Waals surface area contributed by atoms with E-state index in [0.717, 1.165) is 83.4 Å². The SMILES string of the molecule is CCN(C)c1ccc(N)c(C)c1.CCN(C)c1ccc(N)c(C)c1.CCN(C)c1ccc(N)c(C)c1.CCN(C)c1ccc(N)c(C)c1.CCN(C)c1ccc(N)cc1. The largest absolute Gasteiger partial charge is 0.399 e. The fourth-order valence-corrected chi connectivity index (χ4v) is 5.23. The van der Waals surface area contributed by atoms with Gasteiger partial charge < -0.3 is 53.2 Å². The maximum atomic E-state index is 5.71. The zero-order valence-corrected chi connectivity index (χ0v) is 38.9. The Hall–Kier alpha value is -5.90. The summed E-state index contributed by atoms with van der Waals surface area (Å²) in [5.74, 6) is 0. The summed E-state index contributed by atoms with van der Waals surface area (Å²) >= 11 is 0. The summed E-state index contributed by atoms with van der Waals surface area (Å²) in [5.41, 5.74) is 43.4. The lowest BCUT2D eigenvalue weighted by molar-refractivity contribution is 0.967. The second kappa shape index (κ2) is 26.2. The number of nitrogens with two attached hydrogens (primary N) is 5. The van der Waals surface area contributed by atoms with Crippen LogP contribution >= 0.6 is 0 Å². The third kappa shape index (κ3) is 17.6. The van der Waals surface area contributed by atoms with Crippen LogP contribution in [0.1, 0.15) is 56.9 Å². The molecule has 5 rings (SSSR count). The standard InChI is InChI=1S/4C10H16N2.C9H14N2/c4*1-4-12(3)9-5-6-10(11)8(2)7-9;1-3-11(2)9-6-4-8(10)5-7-9/h4*5-7H,4,11H2,1-3H3;4-7H,3,10H2,1-2H3. The van der Waals surface area contributed by atoms with E-state index < -0.39 is 0 Å². The average Bonchev–Trinajstić information content (AvgIpc) is 3.24. The fraction of sp³-hybridized carbons (Fsp3) is 0.388. The van der Waals surface area contributed by atoms with Gasteiger partial charge in [0.1, 0.15) is 0 Å². The van der Waals surface area contributed by atoms with E-state index in [-0.39, 0.29) is 0 Å². The third-order valence-electron chi connectivity index (χ3n) is 10.5. The number of rotatable bonds is 10. The van der Waals surface area contributed by atoms with Gasteiger partial charge in [-0.05, 0) is 182 Å². The van der Waals surface area contributed by atoms with Gasteiger partial charge in [-0.1, -0.05) is 0 Å². The minimum Gasteiger partial charge on any atom is -0.399 e. The number of aryl methyl sites for hydroxylation is 4. The van der Waals surface area contributed by atoms with Crippen LogP contribution in [0.4, 0.5) is 56.9 Å². The van der Waals surface area contributed by atoms with Gasteiger partial charge in [0.05, 0.1) is 0 Å². The number of nitrogens with zero attached hydrogens (tertiary/aromatic N) is 5. The molecule has 0 saturated heterocycles. The molecule has 0 aliphatic heterocycles. The molecule has 10 N–H and O–H groups in total. The number of anilines is 10. The maximum Gasteiger partial charge on any atom is 0.0367 e. The number of benzene rings is 5. The third-order valence-corrected chi connectivity index (χ3v) is 10.5. The van der Waals surface area contributed by atoms with Crippen LogP contribution in [0.2, 0.25) is 0 Å². The number of hydrogen-bond acceptors (Lipinski definition) is 10. The number of nitrogen functional groups attached to an aromatic ring is 5. The van der Waals surface area contributed by atoms with Gasteiger partial charge in [0, 0.05) is 125 Å². The van der Waals surface area contributed by atoms with E-state index in [0.29, 0.717) is 0 Å². The Balaban J connectivity index is 0.000000369. The molecule has 0 amide bonds. The van der Waals surface area contributed by atoms with E-state index in [2.05, 4.69) is 119 Å². The lowest BCUT2D eigenvalue weighted by Gasteiger charge is -2.17. The topological polar surface area (TPSA) is 146 Å². The van der Waals surface area contributed by atoms with E-state index in [4.69, 9.17) is 28.7 Å². The van der Waals surface area contributed by atoms with Crippen molar-refractivity contribution in [2.75, 3.05) is 121 Å². The molecule has 0 saturated carbocycles. The Morgan fingerprint density at radius 2 is 0.492 bits per heavy atom. The molecule has 0 bridgehead atoms. The maximum absolute atomic E-state index is 5.71. The smallest absolute Gasteiger partial charge is 0.0367 e. The van der Waals surface area contributed by atoms with Crippen LogP contribution in [-0.4, -0.2) is 68.0 Å². The molecule has 0 heterocycles. The molecule has 0 spiro atoms. The molecule has 5 aromatic carbocycles. The Labute approximate surface area is 358 Å². The summed E-state index contributed by atoms with van der Waals surface area (Å²) in [4.78, 5) is 10.9. The van der Waals surface area contributed by atoms with Gasteiger partial charge in [-0.25, -0.2) is 0 Å². The summed E-state index contributed by atoms with van der Waals surface area (Å²) in [6, 6.07) is 32.3. The Morgan fingerprint density at radius 1 is 0.305 bits per heavy atom. The Morgan fingerprint density at radius 3 is 0.678 bits per heavy atom. The van der Waals surface area contributed by atoms with Gasteiger partial charge in [-0.15, -0.1) is 0 Å². The highest BCUT2D eigenvalue weighted by molar-refractivity contribution is 5.60. The highest BCUT2D eigenvalue weighted by atomic mass is 15.1. The minimum atomic E-state index is 0.818. The summed E-state index contributed by atoms with van der Waals surface area (Å²) in [5, 5.41) is 0. The van der Waals surface area contributed by atoms with Crippen molar-refractivity contribution in [1.82, 2.24) is 0 Å². The monoisotopic (exact) mass is 807 g/mol. The van der Waals surface area contributed by atoms with Crippen LogP contribution in [0.25, 0.3) is 0 Å². The molecule has 5 aromatic rings. The highest BCUT2D eigenvalue weighted by Gasteiger charge is 2.02.